The van der Waals surface area contributed by atoms with Crippen molar-refractivity contribution in [2.45, 2.75) is 38.9 Å². The van der Waals surface area contributed by atoms with E-state index in [1.165, 1.54) is 0 Å². The van der Waals surface area contributed by atoms with Crippen LogP contribution in [0.25, 0.3) is 0 Å². The Morgan fingerprint density at radius 2 is 2.18 bits per heavy atom. The van der Waals surface area contributed by atoms with Gasteiger partial charge < -0.3 is 14.8 Å². The van der Waals surface area contributed by atoms with E-state index in [1.807, 2.05) is 4.90 Å². The number of amides is 1. The van der Waals surface area contributed by atoms with Gasteiger partial charge in [0.25, 0.3) is 0 Å². The number of fused-ring (bicyclic) bond motifs is 1. The molecule has 1 fully saturated rings. The SMILES string of the molecule is O=C1CCCN1Cc1nnc2n1CCCNC2. The van der Waals surface area contributed by atoms with Crippen LogP contribution in [0.5, 0.6) is 0 Å². The van der Waals surface area contributed by atoms with Crippen molar-refractivity contribution < 1.29 is 4.79 Å². The molecular weight excluding hydrogens is 218 g/mol. The van der Waals surface area contributed by atoms with Crippen molar-refractivity contribution in [3.8, 4) is 0 Å². The third kappa shape index (κ3) is 2.04. The second kappa shape index (κ2) is 4.44. The highest BCUT2D eigenvalue weighted by Gasteiger charge is 2.23. The molecule has 2 aliphatic heterocycles. The van der Waals surface area contributed by atoms with Gasteiger partial charge in [-0.3, -0.25) is 4.79 Å². The standard InChI is InChI=1S/C11H17N5O/c17-11-3-1-5-15(11)8-10-14-13-9-7-12-4-2-6-16(9)10/h12H,1-8H2. The highest BCUT2D eigenvalue weighted by atomic mass is 16.2. The van der Waals surface area contributed by atoms with E-state index >= 15 is 0 Å². The van der Waals surface area contributed by atoms with Crippen LogP contribution >= 0.6 is 0 Å². The Labute approximate surface area is 100 Å². The van der Waals surface area contributed by atoms with Crippen molar-refractivity contribution in [1.29, 1.82) is 0 Å². The van der Waals surface area contributed by atoms with E-state index in [4.69, 9.17) is 0 Å². The molecule has 1 saturated heterocycles. The van der Waals surface area contributed by atoms with Crippen LogP contribution in [0.3, 0.4) is 0 Å². The maximum absolute atomic E-state index is 11.6. The average Bonchev–Trinajstić information content (AvgIpc) is 2.81. The van der Waals surface area contributed by atoms with E-state index in [0.29, 0.717) is 13.0 Å². The van der Waals surface area contributed by atoms with E-state index in [1.54, 1.807) is 0 Å². The van der Waals surface area contributed by atoms with Crippen molar-refractivity contribution in [2.75, 3.05) is 13.1 Å². The molecule has 6 heteroatoms. The molecular formula is C11H17N5O. The van der Waals surface area contributed by atoms with Crippen molar-refractivity contribution in [3.05, 3.63) is 11.6 Å². The molecule has 0 radical (unpaired) electrons. The molecule has 6 nitrogen and oxygen atoms in total. The molecule has 2 aliphatic rings. The fourth-order valence-corrected chi connectivity index (χ4v) is 2.48. The van der Waals surface area contributed by atoms with E-state index in [2.05, 4.69) is 20.1 Å². The minimum absolute atomic E-state index is 0.245. The van der Waals surface area contributed by atoms with Crippen LogP contribution in [0.2, 0.25) is 0 Å². The zero-order chi connectivity index (χ0) is 11.7. The third-order valence-electron chi connectivity index (χ3n) is 3.43. The summed E-state index contributed by atoms with van der Waals surface area (Å²) in [6.07, 6.45) is 2.75. The van der Waals surface area contributed by atoms with Crippen LogP contribution in [-0.4, -0.2) is 38.7 Å². The number of nitrogens with one attached hydrogen (secondary N) is 1. The average molecular weight is 235 g/mol. The minimum atomic E-state index is 0.245. The van der Waals surface area contributed by atoms with E-state index in [9.17, 15) is 4.79 Å². The summed E-state index contributed by atoms with van der Waals surface area (Å²) in [7, 11) is 0. The number of rotatable bonds is 2. The summed E-state index contributed by atoms with van der Waals surface area (Å²) >= 11 is 0. The predicted octanol–water partition coefficient (Wildman–Crippen LogP) is -0.106. The number of hydrogen-bond acceptors (Lipinski definition) is 4. The van der Waals surface area contributed by atoms with Crippen molar-refractivity contribution in [3.63, 3.8) is 0 Å². The molecule has 3 rings (SSSR count). The van der Waals surface area contributed by atoms with Crippen LogP contribution < -0.4 is 5.32 Å². The molecule has 0 unspecified atom stereocenters. The number of hydrogen-bond donors (Lipinski definition) is 1. The van der Waals surface area contributed by atoms with Gasteiger partial charge in [0, 0.05) is 19.5 Å². The van der Waals surface area contributed by atoms with E-state index in [0.717, 1.165) is 50.7 Å². The smallest absolute Gasteiger partial charge is 0.223 e. The number of nitrogens with zero attached hydrogens (tertiary/aromatic N) is 4. The lowest BCUT2D eigenvalue weighted by Gasteiger charge is -2.15. The van der Waals surface area contributed by atoms with Gasteiger partial charge in [0.05, 0.1) is 13.1 Å². The van der Waals surface area contributed by atoms with Crippen molar-refractivity contribution in [2.24, 2.45) is 0 Å². The fourth-order valence-electron chi connectivity index (χ4n) is 2.48. The Hall–Kier alpha value is -1.43. The molecule has 0 spiro atoms. The topological polar surface area (TPSA) is 63.1 Å². The molecule has 1 amide bonds. The lowest BCUT2D eigenvalue weighted by Crippen LogP contribution is -2.26. The van der Waals surface area contributed by atoms with Gasteiger partial charge in [-0.05, 0) is 19.4 Å². The van der Waals surface area contributed by atoms with Crippen LogP contribution in [0.1, 0.15) is 30.9 Å². The molecule has 0 bridgehead atoms. The first kappa shape index (κ1) is 10.7. The van der Waals surface area contributed by atoms with Gasteiger partial charge in [-0.2, -0.15) is 0 Å². The third-order valence-corrected chi connectivity index (χ3v) is 3.43. The lowest BCUT2D eigenvalue weighted by molar-refractivity contribution is -0.128. The predicted molar refractivity (Wildman–Crippen MR) is 61.0 cm³/mol. The largest absolute Gasteiger partial charge is 0.335 e. The lowest BCUT2D eigenvalue weighted by atomic mass is 10.4. The van der Waals surface area contributed by atoms with Gasteiger partial charge in [-0.15, -0.1) is 10.2 Å². The van der Waals surface area contributed by atoms with Crippen LogP contribution in [0.4, 0.5) is 0 Å². The maximum Gasteiger partial charge on any atom is 0.223 e. The van der Waals surface area contributed by atoms with Crippen LogP contribution in [0, 0.1) is 0 Å². The molecule has 17 heavy (non-hydrogen) atoms. The summed E-state index contributed by atoms with van der Waals surface area (Å²) < 4.78 is 2.16. The zero-order valence-corrected chi connectivity index (χ0v) is 9.85. The van der Waals surface area contributed by atoms with Crippen LogP contribution in [0.15, 0.2) is 0 Å². The first-order valence-electron chi connectivity index (χ1n) is 6.24. The molecule has 0 saturated carbocycles. The number of likely N-dealkylation sites (tertiary alicyclic amines) is 1. The Balaban J connectivity index is 1.79. The van der Waals surface area contributed by atoms with Gasteiger partial charge in [-0.25, -0.2) is 0 Å². The Kier molecular flexibility index (Phi) is 2.80. The quantitative estimate of drug-likeness (QED) is 0.777. The Morgan fingerprint density at radius 3 is 3.00 bits per heavy atom. The van der Waals surface area contributed by atoms with Gasteiger partial charge in [0.15, 0.2) is 5.82 Å². The van der Waals surface area contributed by atoms with Gasteiger partial charge >= 0.3 is 0 Å². The summed E-state index contributed by atoms with van der Waals surface area (Å²) in [6, 6.07) is 0. The summed E-state index contributed by atoms with van der Waals surface area (Å²) in [4.78, 5) is 13.5. The monoisotopic (exact) mass is 235 g/mol. The number of aromatic nitrogens is 3. The summed E-state index contributed by atoms with van der Waals surface area (Å²) in [5, 5.41) is 11.7. The Bertz CT molecular complexity index is 427. The highest BCUT2D eigenvalue weighted by Crippen LogP contribution is 2.15. The Morgan fingerprint density at radius 1 is 1.24 bits per heavy atom. The fraction of sp³-hybridized carbons (Fsp3) is 0.727. The highest BCUT2D eigenvalue weighted by molar-refractivity contribution is 5.77. The molecule has 1 aromatic rings. The number of carbonyl (C=O) groups is 1. The minimum Gasteiger partial charge on any atom is -0.335 e. The van der Waals surface area contributed by atoms with E-state index < -0.39 is 0 Å². The molecule has 92 valence electrons. The van der Waals surface area contributed by atoms with Crippen molar-refractivity contribution >= 4 is 5.91 Å². The summed E-state index contributed by atoms with van der Waals surface area (Å²) in [5.74, 6) is 2.16. The summed E-state index contributed by atoms with van der Waals surface area (Å²) in [5.41, 5.74) is 0. The van der Waals surface area contributed by atoms with Gasteiger partial charge in [0.1, 0.15) is 5.82 Å². The molecule has 1 N–H and O–H groups in total. The van der Waals surface area contributed by atoms with Gasteiger partial charge in [0.2, 0.25) is 5.91 Å². The normalized spacial score (nSPS) is 20.5. The second-order valence-corrected chi connectivity index (χ2v) is 4.63. The second-order valence-electron chi connectivity index (χ2n) is 4.63. The van der Waals surface area contributed by atoms with E-state index in [-0.39, 0.29) is 5.91 Å². The molecule has 0 atom stereocenters. The number of carbonyl (C=O) groups excluding carboxylic acids is 1. The first-order valence-corrected chi connectivity index (χ1v) is 6.24. The summed E-state index contributed by atoms with van der Waals surface area (Å²) in [6.45, 7) is 4.23. The maximum atomic E-state index is 11.6. The molecule has 3 heterocycles. The molecule has 1 aromatic heterocycles. The zero-order valence-electron chi connectivity index (χ0n) is 9.85. The molecule has 0 aliphatic carbocycles. The molecule has 0 aromatic carbocycles. The van der Waals surface area contributed by atoms with Crippen LogP contribution in [-0.2, 0) is 24.4 Å². The van der Waals surface area contributed by atoms with Gasteiger partial charge in [-0.1, -0.05) is 0 Å². The van der Waals surface area contributed by atoms with Crippen molar-refractivity contribution in [1.82, 2.24) is 25.0 Å². The first-order chi connectivity index (χ1) is 8.34.